The molecule has 0 aromatic carbocycles. The number of likely N-dealkylation sites (N-methyl/N-ethyl adjacent to an activating group) is 1. The normalized spacial score (nSPS) is 19.4. The zero-order valence-electron chi connectivity index (χ0n) is 4.42. The highest BCUT2D eigenvalue weighted by Gasteiger charge is 2.25. The van der Waals surface area contributed by atoms with Crippen LogP contribution in [-0.2, 0) is 4.79 Å². The molecule has 0 aromatic rings. The second kappa shape index (κ2) is 1.47. The van der Waals surface area contributed by atoms with Gasteiger partial charge in [-0.1, -0.05) is 0 Å². The van der Waals surface area contributed by atoms with Crippen LogP contribution in [0.25, 0.3) is 0 Å². The number of urea groups is 1. The second-order valence-corrected chi connectivity index (χ2v) is 1.55. The molecular weight excluding hydrogens is 108 g/mol. The van der Waals surface area contributed by atoms with Crippen molar-refractivity contribution in [2.75, 3.05) is 13.6 Å². The Morgan fingerprint density at radius 1 is 1.62 bits per heavy atom. The quantitative estimate of drug-likeness (QED) is 0.385. The molecule has 0 aliphatic carbocycles. The van der Waals surface area contributed by atoms with Crippen molar-refractivity contribution in [1.29, 1.82) is 0 Å². The van der Waals surface area contributed by atoms with Crippen molar-refractivity contribution in [2.24, 2.45) is 0 Å². The van der Waals surface area contributed by atoms with Crippen LogP contribution in [0.1, 0.15) is 0 Å². The number of carbonyl (C=O) groups excluding carboxylic acids is 2. The molecule has 0 bridgehead atoms. The Hall–Kier alpha value is -1.06. The molecule has 0 aromatic heterocycles. The highest BCUT2D eigenvalue weighted by molar-refractivity contribution is 6.01. The monoisotopic (exact) mass is 113 g/mol. The summed E-state index contributed by atoms with van der Waals surface area (Å²) in [6, 6.07) is -0.435. The van der Waals surface area contributed by atoms with Gasteiger partial charge in [0, 0.05) is 7.05 Å². The van der Waals surface area contributed by atoms with Gasteiger partial charge in [-0.2, -0.15) is 0 Å². The van der Waals surface area contributed by atoms with Crippen LogP contribution in [0.15, 0.2) is 0 Å². The molecule has 1 aliphatic heterocycles. The van der Waals surface area contributed by atoms with E-state index in [1.807, 2.05) is 0 Å². The van der Waals surface area contributed by atoms with Crippen molar-refractivity contribution in [2.45, 2.75) is 0 Å². The van der Waals surface area contributed by atoms with Gasteiger partial charge in [-0.15, -0.1) is 0 Å². The molecule has 1 aliphatic rings. The zero-order chi connectivity index (χ0) is 6.15. The van der Waals surface area contributed by atoms with Gasteiger partial charge in [0.2, 0.25) is 0 Å². The van der Waals surface area contributed by atoms with E-state index < -0.39 is 6.03 Å². The fourth-order valence-electron chi connectivity index (χ4n) is 0.454. The number of carbonyl (C=O) groups is 2. The number of hydrogen-bond donors (Lipinski definition) is 0. The van der Waals surface area contributed by atoms with E-state index in [-0.39, 0.29) is 12.5 Å². The van der Waals surface area contributed by atoms with Crippen molar-refractivity contribution in [3.63, 3.8) is 0 Å². The summed E-state index contributed by atoms with van der Waals surface area (Å²) in [5.74, 6) is -0.227. The standard InChI is InChI=1S/C4H5N2O2/c1-6-3(7)2-5-4(6)8/h2H2,1H3. The molecular formula is C4H5N2O2. The molecule has 1 radical (unpaired) electrons. The van der Waals surface area contributed by atoms with Gasteiger partial charge >= 0.3 is 6.03 Å². The first-order chi connectivity index (χ1) is 3.72. The minimum Gasteiger partial charge on any atom is -0.272 e. The van der Waals surface area contributed by atoms with Gasteiger partial charge < -0.3 is 0 Å². The third kappa shape index (κ3) is 0.538. The summed E-state index contributed by atoms with van der Waals surface area (Å²) < 4.78 is 0. The summed E-state index contributed by atoms with van der Waals surface area (Å²) in [5.41, 5.74) is 0. The topological polar surface area (TPSA) is 51.5 Å². The van der Waals surface area contributed by atoms with Crippen LogP contribution in [0.2, 0.25) is 0 Å². The molecule has 4 nitrogen and oxygen atoms in total. The smallest absolute Gasteiger partial charge is 0.272 e. The third-order valence-corrected chi connectivity index (χ3v) is 1.01. The van der Waals surface area contributed by atoms with E-state index in [0.29, 0.717) is 0 Å². The minimum atomic E-state index is -0.435. The van der Waals surface area contributed by atoms with Gasteiger partial charge in [0.1, 0.15) is 6.54 Å². The molecule has 0 atom stereocenters. The number of imide groups is 1. The molecule has 8 heavy (non-hydrogen) atoms. The van der Waals surface area contributed by atoms with Crippen LogP contribution in [-0.4, -0.2) is 30.4 Å². The Bertz CT molecular complexity index is 127. The lowest BCUT2D eigenvalue weighted by Gasteiger charge is -1.98. The lowest BCUT2D eigenvalue weighted by atomic mass is 10.6. The molecule has 1 fully saturated rings. The van der Waals surface area contributed by atoms with Crippen LogP contribution in [0.4, 0.5) is 4.79 Å². The molecule has 3 amide bonds. The van der Waals surface area contributed by atoms with Gasteiger partial charge in [0.05, 0.1) is 0 Å². The number of hydrogen-bond acceptors (Lipinski definition) is 2. The van der Waals surface area contributed by atoms with Gasteiger partial charge in [-0.05, 0) is 0 Å². The van der Waals surface area contributed by atoms with Crippen LogP contribution in [0, 0.1) is 0 Å². The Morgan fingerprint density at radius 2 is 2.25 bits per heavy atom. The van der Waals surface area contributed by atoms with E-state index in [0.717, 1.165) is 4.90 Å². The molecule has 0 N–H and O–H groups in total. The third-order valence-electron chi connectivity index (χ3n) is 1.01. The van der Waals surface area contributed by atoms with Crippen molar-refractivity contribution < 1.29 is 9.59 Å². The first-order valence-corrected chi connectivity index (χ1v) is 2.20. The molecule has 1 rings (SSSR count). The maximum absolute atomic E-state index is 10.4. The van der Waals surface area contributed by atoms with Crippen LogP contribution in [0.3, 0.4) is 0 Å². The van der Waals surface area contributed by atoms with Gasteiger partial charge in [0.15, 0.2) is 0 Å². The Kier molecular flexibility index (Phi) is 0.932. The molecule has 1 saturated heterocycles. The minimum absolute atomic E-state index is 0.0231. The van der Waals surface area contributed by atoms with Crippen LogP contribution in [0.5, 0.6) is 0 Å². The summed E-state index contributed by atoms with van der Waals surface area (Å²) in [6.45, 7) is 0.0231. The predicted octanol–water partition coefficient (Wildman–Crippen LogP) is -0.817. The summed E-state index contributed by atoms with van der Waals surface area (Å²) in [7, 11) is 1.42. The van der Waals surface area contributed by atoms with E-state index in [4.69, 9.17) is 0 Å². The molecule has 1 heterocycles. The van der Waals surface area contributed by atoms with Crippen LogP contribution >= 0.6 is 0 Å². The van der Waals surface area contributed by atoms with E-state index in [1.54, 1.807) is 0 Å². The lowest BCUT2D eigenvalue weighted by Crippen LogP contribution is -2.24. The first-order valence-electron chi connectivity index (χ1n) is 2.20. The van der Waals surface area contributed by atoms with Crippen molar-refractivity contribution >= 4 is 11.9 Å². The van der Waals surface area contributed by atoms with E-state index in [9.17, 15) is 9.59 Å². The first kappa shape index (κ1) is 5.08. The summed E-state index contributed by atoms with van der Waals surface area (Å²) in [6.07, 6.45) is 0. The highest BCUT2D eigenvalue weighted by Crippen LogP contribution is 1.93. The molecule has 0 unspecified atom stereocenters. The van der Waals surface area contributed by atoms with Crippen molar-refractivity contribution in [1.82, 2.24) is 10.2 Å². The van der Waals surface area contributed by atoms with Gasteiger partial charge in [-0.25, -0.2) is 10.1 Å². The molecule has 43 valence electrons. The van der Waals surface area contributed by atoms with Gasteiger partial charge in [0.25, 0.3) is 5.91 Å². The summed E-state index contributed by atoms with van der Waals surface area (Å²) in [5, 5.41) is 3.34. The summed E-state index contributed by atoms with van der Waals surface area (Å²) >= 11 is 0. The maximum Gasteiger partial charge on any atom is 0.345 e. The average molecular weight is 113 g/mol. The fraction of sp³-hybridized carbons (Fsp3) is 0.500. The predicted molar refractivity (Wildman–Crippen MR) is 25.2 cm³/mol. The van der Waals surface area contributed by atoms with E-state index >= 15 is 0 Å². The SMILES string of the molecule is CN1C(=O)C[N]C1=O. The lowest BCUT2D eigenvalue weighted by molar-refractivity contribution is -0.124. The number of amides is 3. The Labute approximate surface area is 46.5 Å². The van der Waals surface area contributed by atoms with E-state index in [2.05, 4.69) is 5.32 Å². The molecule has 4 heteroatoms. The summed E-state index contributed by atoms with van der Waals surface area (Å²) in [4.78, 5) is 21.7. The largest absolute Gasteiger partial charge is 0.345 e. The zero-order valence-corrected chi connectivity index (χ0v) is 4.42. The number of nitrogens with zero attached hydrogens (tertiary/aromatic N) is 2. The molecule has 0 saturated carbocycles. The Balaban J connectivity index is 2.70. The van der Waals surface area contributed by atoms with Gasteiger partial charge in [-0.3, -0.25) is 9.69 Å². The molecule has 0 spiro atoms. The average Bonchev–Trinajstić information content (AvgIpc) is 1.98. The second-order valence-electron chi connectivity index (χ2n) is 1.55. The maximum atomic E-state index is 10.4. The van der Waals surface area contributed by atoms with Crippen molar-refractivity contribution in [3.8, 4) is 0 Å². The van der Waals surface area contributed by atoms with E-state index in [1.165, 1.54) is 7.05 Å². The van der Waals surface area contributed by atoms with Crippen LogP contribution < -0.4 is 5.32 Å². The number of rotatable bonds is 0. The Morgan fingerprint density at radius 3 is 2.38 bits per heavy atom. The highest BCUT2D eigenvalue weighted by atomic mass is 16.2. The van der Waals surface area contributed by atoms with Crippen molar-refractivity contribution in [3.05, 3.63) is 0 Å². The fourth-order valence-corrected chi connectivity index (χ4v) is 0.454.